The van der Waals surface area contributed by atoms with Crippen molar-refractivity contribution in [2.45, 2.75) is 45.4 Å². The van der Waals surface area contributed by atoms with Crippen molar-refractivity contribution in [2.24, 2.45) is 0 Å². The molecule has 0 aromatic heterocycles. The molecule has 0 rings (SSSR count). The number of hydrogen-bond acceptors (Lipinski definition) is 1. The first-order chi connectivity index (χ1) is 6.06. The van der Waals surface area contributed by atoms with Crippen molar-refractivity contribution in [2.75, 3.05) is 6.16 Å². The molecule has 2 N–H and O–H groups in total. The van der Waals surface area contributed by atoms with E-state index >= 15 is 0 Å². The summed E-state index contributed by atoms with van der Waals surface area (Å²) < 4.78 is 10.5. The van der Waals surface area contributed by atoms with E-state index in [2.05, 4.69) is 6.92 Å². The molecule has 0 spiro atoms. The Labute approximate surface area is 82.2 Å². The summed E-state index contributed by atoms with van der Waals surface area (Å²) in [6.07, 6.45) is 7.76. The summed E-state index contributed by atoms with van der Waals surface area (Å²) in [5, 5.41) is 0. The van der Waals surface area contributed by atoms with Gasteiger partial charge in [-0.15, -0.1) is 0 Å². The van der Waals surface area contributed by atoms with Crippen molar-refractivity contribution in [3.05, 3.63) is 0 Å². The monoisotopic (exact) mass is 226 g/mol. The second kappa shape index (κ2) is 7.94. The minimum absolute atomic E-state index is 0.180. The molecule has 0 aliphatic carbocycles. The molecule has 0 heterocycles. The maximum Gasteiger partial charge on any atom is 0.341 e. The van der Waals surface area contributed by atoms with Crippen molar-refractivity contribution in [1.29, 1.82) is 0 Å². The molecule has 0 bridgehead atoms. The maximum absolute atomic E-state index is 10.5. The van der Waals surface area contributed by atoms with Gasteiger partial charge in [-0.1, -0.05) is 39.0 Å². The summed E-state index contributed by atoms with van der Waals surface area (Å²) in [5.74, 6) is 0. The van der Waals surface area contributed by atoms with Crippen LogP contribution >= 0.6 is 15.6 Å². The quantitative estimate of drug-likeness (QED) is 0.493. The molecule has 3 nitrogen and oxygen atoms in total. The third-order valence-electron chi connectivity index (χ3n) is 1.85. The largest absolute Gasteiger partial charge is 0.341 e. The molecule has 0 fully saturated rings. The van der Waals surface area contributed by atoms with E-state index in [-0.39, 0.29) is 8.27 Å². The molecule has 0 saturated heterocycles. The van der Waals surface area contributed by atoms with Crippen LogP contribution in [-0.4, -0.2) is 15.9 Å². The summed E-state index contributed by atoms with van der Waals surface area (Å²) >= 11 is 0. The van der Waals surface area contributed by atoms with Gasteiger partial charge in [0.1, 0.15) is 0 Å². The van der Waals surface area contributed by atoms with Gasteiger partial charge in [-0.05, 0) is 12.6 Å². The number of hydrogen-bond donors (Lipinski definition) is 2. The highest BCUT2D eigenvalue weighted by Crippen LogP contribution is 2.56. The average molecular weight is 226 g/mol. The van der Waals surface area contributed by atoms with E-state index in [1.807, 2.05) is 0 Å². The standard InChI is InChI=1S/C8H20O3P2/c1-2-3-4-5-6-7-8-12-13(9,10)11/h12H,2-8H2,1H3,(H2,9,10,11). The van der Waals surface area contributed by atoms with Crippen LogP contribution in [0.15, 0.2) is 0 Å². The number of rotatable bonds is 8. The summed E-state index contributed by atoms with van der Waals surface area (Å²) in [7, 11) is -3.88. The first-order valence-electron chi connectivity index (χ1n) is 4.87. The summed E-state index contributed by atoms with van der Waals surface area (Å²) in [6, 6.07) is 0. The minimum atomic E-state index is -3.70. The van der Waals surface area contributed by atoms with Gasteiger partial charge >= 0.3 is 7.28 Å². The fraction of sp³-hybridized carbons (Fsp3) is 1.00. The third kappa shape index (κ3) is 12.6. The molecule has 0 aromatic carbocycles. The zero-order valence-corrected chi connectivity index (χ0v) is 10.1. The molecule has 1 unspecified atom stereocenters. The second-order valence-corrected chi connectivity index (χ2v) is 7.82. The molecule has 0 amide bonds. The average Bonchev–Trinajstić information content (AvgIpc) is 2.01. The van der Waals surface area contributed by atoms with Gasteiger partial charge in [0, 0.05) is 8.27 Å². The van der Waals surface area contributed by atoms with E-state index < -0.39 is 7.28 Å². The lowest BCUT2D eigenvalue weighted by Crippen LogP contribution is -1.81. The Morgan fingerprint density at radius 3 is 2.15 bits per heavy atom. The first-order valence-corrected chi connectivity index (χ1v) is 8.53. The molecule has 0 aliphatic rings. The molecule has 1 atom stereocenters. The lowest BCUT2D eigenvalue weighted by molar-refractivity contribution is 0.396. The van der Waals surface area contributed by atoms with Crippen LogP contribution in [0, 0.1) is 0 Å². The van der Waals surface area contributed by atoms with Crippen LogP contribution in [0.3, 0.4) is 0 Å². The summed E-state index contributed by atoms with van der Waals surface area (Å²) in [4.78, 5) is 17.2. The van der Waals surface area contributed by atoms with E-state index in [9.17, 15) is 4.57 Å². The van der Waals surface area contributed by atoms with Crippen LogP contribution < -0.4 is 0 Å². The van der Waals surface area contributed by atoms with Crippen LogP contribution in [0.2, 0.25) is 0 Å². The van der Waals surface area contributed by atoms with Gasteiger partial charge < -0.3 is 9.79 Å². The van der Waals surface area contributed by atoms with Crippen LogP contribution in [0.25, 0.3) is 0 Å². The van der Waals surface area contributed by atoms with Crippen molar-refractivity contribution in [1.82, 2.24) is 0 Å². The lowest BCUT2D eigenvalue weighted by atomic mass is 10.1. The molecular formula is C8H20O3P2. The van der Waals surface area contributed by atoms with Crippen LogP contribution in [0.1, 0.15) is 45.4 Å². The van der Waals surface area contributed by atoms with Crippen LogP contribution in [-0.2, 0) is 4.57 Å². The summed E-state index contributed by atoms with van der Waals surface area (Å²) in [6.45, 7) is 2.18. The van der Waals surface area contributed by atoms with E-state index in [4.69, 9.17) is 9.79 Å². The normalized spacial score (nSPS) is 12.8. The predicted octanol–water partition coefficient (Wildman–Crippen LogP) is 3.12. The smallest absolute Gasteiger partial charge is 0.322 e. The minimum Gasteiger partial charge on any atom is -0.322 e. The molecule has 13 heavy (non-hydrogen) atoms. The Morgan fingerprint density at radius 2 is 1.62 bits per heavy atom. The zero-order valence-electron chi connectivity index (χ0n) is 8.20. The van der Waals surface area contributed by atoms with Crippen molar-refractivity contribution < 1.29 is 14.4 Å². The molecule has 80 valence electrons. The second-order valence-electron chi connectivity index (χ2n) is 3.22. The van der Waals surface area contributed by atoms with E-state index in [0.29, 0.717) is 6.16 Å². The van der Waals surface area contributed by atoms with Crippen molar-refractivity contribution in [3.63, 3.8) is 0 Å². The van der Waals surface area contributed by atoms with Gasteiger partial charge in [-0.2, -0.15) is 0 Å². The molecular weight excluding hydrogens is 206 g/mol. The Bertz CT molecular complexity index is 155. The molecule has 0 aliphatic heterocycles. The fourth-order valence-electron chi connectivity index (χ4n) is 1.13. The topological polar surface area (TPSA) is 57.5 Å². The third-order valence-corrected chi connectivity index (χ3v) is 4.74. The highest BCUT2D eigenvalue weighted by atomic mass is 32.1. The Balaban J connectivity index is 3.04. The Morgan fingerprint density at radius 1 is 1.08 bits per heavy atom. The van der Waals surface area contributed by atoms with Gasteiger partial charge in [0.15, 0.2) is 0 Å². The molecule has 0 radical (unpaired) electrons. The van der Waals surface area contributed by atoms with Gasteiger partial charge in [0.05, 0.1) is 0 Å². The van der Waals surface area contributed by atoms with E-state index in [0.717, 1.165) is 12.8 Å². The van der Waals surface area contributed by atoms with Gasteiger partial charge in [-0.25, -0.2) is 0 Å². The molecule has 0 saturated carbocycles. The SMILES string of the molecule is CCCCCCCCPP(=O)(O)O. The Hall–Kier alpha value is 0.580. The van der Waals surface area contributed by atoms with Crippen molar-refractivity contribution in [3.8, 4) is 0 Å². The fourth-order valence-corrected chi connectivity index (χ4v) is 3.18. The Kier molecular flexibility index (Phi) is 8.29. The van der Waals surface area contributed by atoms with E-state index in [1.165, 1.54) is 25.7 Å². The van der Waals surface area contributed by atoms with Gasteiger partial charge in [0.25, 0.3) is 0 Å². The zero-order chi connectivity index (χ0) is 10.2. The highest BCUT2D eigenvalue weighted by Gasteiger charge is 2.10. The maximum atomic E-state index is 10.5. The van der Waals surface area contributed by atoms with Crippen molar-refractivity contribution >= 4 is 15.6 Å². The predicted molar refractivity (Wildman–Crippen MR) is 58.6 cm³/mol. The van der Waals surface area contributed by atoms with E-state index in [1.54, 1.807) is 0 Å². The molecule has 5 heteroatoms. The number of unbranched alkanes of at least 4 members (excludes halogenated alkanes) is 5. The van der Waals surface area contributed by atoms with Crippen LogP contribution in [0.5, 0.6) is 0 Å². The lowest BCUT2D eigenvalue weighted by Gasteiger charge is -2.03. The highest BCUT2D eigenvalue weighted by molar-refractivity contribution is 8.19. The van der Waals surface area contributed by atoms with Gasteiger partial charge in [-0.3, -0.25) is 4.57 Å². The van der Waals surface area contributed by atoms with Gasteiger partial charge in [0.2, 0.25) is 0 Å². The van der Waals surface area contributed by atoms with Crippen LogP contribution in [0.4, 0.5) is 0 Å². The summed E-state index contributed by atoms with van der Waals surface area (Å²) in [5.41, 5.74) is 0. The first kappa shape index (κ1) is 13.6. The molecule has 0 aromatic rings.